The molecule has 2 rings (SSSR count). The number of thiophene rings is 1. The third-order valence-electron chi connectivity index (χ3n) is 3.31. The molecular formula is C18H21NO2S2. The van der Waals surface area contributed by atoms with Crippen molar-refractivity contribution < 1.29 is 9.59 Å². The van der Waals surface area contributed by atoms with Gasteiger partial charge in [-0.2, -0.15) is 0 Å². The van der Waals surface area contributed by atoms with Gasteiger partial charge in [-0.25, -0.2) is 0 Å². The summed E-state index contributed by atoms with van der Waals surface area (Å²) >= 11 is 3.20. The van der Waals surface area contributed by atoms with Crippen LogP contribution in [0.4, 0.5) is 0 Å². The zero-order chi connectivity index (χ0) is 16.7. The van der Waals surface area contributed by atoms with E-state index in [2.05, 4.69) is 36.5 Å². The summed E-state index contributed by atoms with van der Waals surface area (Å²) in [4.78, 5) is 26.8. The third-order valence-corrected chi connectivity index (χ3v) is 5.36. The van der Waals surface area contributed by atoms with E-state index in [4.69, 9.17) is 0 Å². The van der Waals surface area contributed by atoms with Crippen LogP contribution in [-0.2, 0) is 4.79 Å². The normalized spacial score (nSPS) is 10.5. The average Bonchev–Trinajstić information content (AvgIpc) is 2.97. The van der Waals surface area contributed by atoms with Gasteiger partial charge in [0.2, 0.25) is 5.91 Å². The molecule has 1 aromatic carbocycles. The maximum Gasteiger partial charge on any atom is 0.220 e. The van der Waals surface area contributed by atoms with E-state index in [1.165, 1.54) is 21.8 Å². The fourth-order valence-electron chi connectivity index (χ4n) is 2.02. The molecule has 0 atom stereocenters. The predicted molar refractivity (Wildman–Crippen MR) is 97.5 cm³/mol. The topological polar surface area (TPSA) is 46.2 Å². The van der Waals surface area contributed by atoms with Crippen LogP contribution in [0.5, 0.6) is 0 Å². The molecule has 5 heteroatoms. The van der Waals surface area contributed by atoms with Crippen LogP contribution < -0.4 is 5.32 Å². The first-order valence-corrected chi connectivity index (χ1v) is 9.40. The van der Waals surface area contributed by atoms with E-state index in [0.29, 0.717) is 6.54 Å². The molecule has 0 radical (unpaired) electrons. The highest BCUT2D eigenvalue weighted by Gasteiger charge is 2.10. The van der Waals surface area contributed by atoms with Crippen LogP contribution in [0.3, 0.4) is 0 Å². The molecule has 1 N–H and O–H groups in total. The van der Waals surface area contributed by atoms with Gasteiger partial charge < -0.3 is 5.32 Å². The maximum atomic E-state index is 11.9. The van der Waals surface area contributed by atoms with Crippen LogP contribution in [0.1, 0.15) is 33.0 Å². The van der Waals surface area contributed by atoms with Crippen molar-refractivity contribution in [1.29, 1.82) is 0 Å². The van der Waals surface area contributed by atoms with Gasteiger partial charge in [0.15, 0.2) is 5.78 Å². The molecule has 3 nitrogen and oxygen atoms in total. The second-order valence-corrected chi connectivity index (χ2v) is 7.80. The van der Waals surface area contributed by atoms with Gasteiger partial charge in [-0.3, -0.25) is 9.59 Å². The van der Waals surface area contributed by atoms with E-state index in [1.807, 2.05) is 19.1 Å². The Morgan fingerprint density at radius 1 is 1.04 bits per heavy atom. The first kappa shape index (κ1) is 17.8. The van der Waals surface area contributed by atoms with Crippen molar-refractivity contribution in [3.05, 3.63) is 51.7 Å². The molecule has 1 amide bonds. The molecule has 0 spiro atoms. The standard InChI is InChI=1S/C18H21NO2S2/c1-13-3-6-15(7-4-13)22-12-11-19-18(21)10-8-16(20)17-9-5-14(2)23-17/h3-7,9H,8,10-12H2,1-2H3,(H,19,21). The summed E-state index contributed by atoms with van der Waals surface area (Å²) in [6.07, 6.45) is 0.530. The van der Waals surface area contributed by atoms with Crippen molar-refractivity contribution in [3.8, 4) is 0 Å². The number of amides is 1. The molecular weight excluding hydrogens is 326 g/mol. The number of thioether (sulfide) groups is 1. The van der Waals surface area contributed by atoms with Crippen molar-refractivity contribution in [1.82, 2.24) is 5.32 Å². The van der Waals surface area contributed by atoms with Crippen LogP contribution in [0, 0.1) is 13.8 Å². The lowest BCUT2D eigenvalue weighted by atomic mass is 10.2. The average molecular weight is 348 g/mol. The number of carbonyl (C=O) groups is 2. The van der Waals surface area contributed by atoms with Crippen molar-refractivity contribution in [3.63, 3.8) is 0 Å². The number of rotatable bonds is 8. The van der Waals surface area contributed by atoms with Gasteiger partial charge in [-0.05, 0) is 38.1 Å². The molecule has 0 bridgehead atoms. The Hall–Kier alpha value is -1.59. The Balaban J connectivity index is 1.61. The number of ketones is 1. The highest BCUT2D eigenvalue weighted by atomic mass is 32.2. The van der Waals surface area contributed by atoms with E-state index in [-0.39, 0.29) is 24.5 Å². The van der Waals surface area contributed by atoms with Crippen LogP contribution >= 0.6 is 23.1 Å². The maximum absolute atomic E-state index is 11.9. The number of carbonyl (C=O) groups excluding carboxylic acids is 2. The van der Waals surface area contributed by atoms with Crippen molar-refractivity contribution in [2.24, 2.45) is 0 Å². The molecule has 0 aliphatic rings. The van der Waals surface area contributed by atoms with Crippen LogP contribution in [0.15, 0.2) is 41.3 Å². The quantitative estimate of drug-likeness (QED) is 0.441. The van der Waals surface area contributed by atoms with Crippen LogP contribution in [0.25, 0.3) is 0 Å². The summed E-state index contributed by atoms with van der Waals surface area (Å²) in [5, 5.41) is 2.87. The van der Waals surface area contributed by atoms with E-state index in [1.54, 1.807) is 11.8 Å². The monoisotopic (exact) mass is 347 g/mol. The number of benzene rings is 1. The Labute approximate surface area is 145 Å². The summed E-state index contributed by atoms with van der Waals surface area (Å²) in [7, 11) is 0. The van der Waals surface area contributed by atoms with Gasteiger partial charge in [0.25, 0.3) is 0 Å². The number of hydrogen-bond acceptors (Lipinski definition) is 4. The number of nitrogens with one attached hydrogen (secondary N) is 1. The zero-order valence-electron chi connectivity index (χ0n) is 13.4. The lowest BCUT2D eigenvalue weighted by Crippen LogP contribution is -2.26. The molecule has 1 heterocycles. The van der Waals surface area contributed by atoms with Crippen molar-refractivity contribution in [2.75, 3.05) is 12.3 Å². The van der Waals surface area contributed by atoms with Gasteiger partial charge in [0.05, 0.1) is 4.88 Å². The lowest BCUT2D eigenvalue weighted by molar-refractivity contribution is -0.120. The summed E-state index contributed by atoms with van der Waals surface area (Å²) < 4.78 is 0. The van der Waals surface area contributed by atoms with Crippen LogP contribution in [0.2, 0.25) is 0 Å². The van der Waals surface area contributed by atoms with E-state index in [9.17, 15) is 9.59 Å². The lowest BCUT2D eigenvalue weighted by Gasteiger charge is -2.05. The molecule has 0 saturated heterocycles. The predicted octanol–water partition coefficient (Wildman–Crippen LogP) is 4.24. The molecule has 1 aromatic heterocycles. The largest absolute Gasteiger partial charge is 0.355 e. The Kier molecular flexibility index (Phi) is 6.86. The fraction of sp³-hybridized carbons (Fsp3) is 0.333. The number of Topliss-reactive ketones (excluding diaryl/α,β-unsaturated/α-hetero) is 1. The molecule has 0 unspecified atom stereocenters. The number of aryl methyl sites for hydroxylation is 2. The minimum atomic E-state index is -0.0591. The molecule has 0 saturated carbocycles. The molecule has 23 heavy (non-hydrogen) atoms. The molecule has 0 fully saturated rings. The highest BCUT2D eigenvalue weighted by Crippen LogP contribution is 2.18. The van der Waals surface area contributed by atoms with Crippen LogP contribution in [-0.4, -0.2) is 24.0 Å². The molecule has 2 aromatic rings. The van der Waals surface area contributed by atoms with Gasteiger partial charge in [-0.1, -0.05) is 17.7 Å². The molecule has 122 valence electrons. The summed E-state index contributed by atoms with van der Waals surface area (Å²) in [5.74, 6) is 0.816. The highest BCUT2D eigenvalue weighted by molar-refractivity contribution is 7.99. The second-order valence-electron chi connectivity index (χ2n) is 5.34. The molecule has 0 aliphatic heterocycles. The number of hydrogen-bond donors (Lipinski definition) is 1. The van der Waals surface area contributed by atoms with Gasteiger partial charge in [-0.15, -0.1) is 23.1 Å². The first-order valence-electron chi connectivity index (χ1n) is 7.60. The van der Waals surface area contributed by atoms with Gasteiger partial charge >= 0.3 is 0 Å². The van der Waals surface area contributed by atoms with Crippen molar-refractivity contribution in [2.45, 2.75) is 31.6 Å². The minimum Gasteiger partial charge on any atom is -0.355 e. The smallest absolute Gasteiger partial charge is 0.220 e. The fourth-order valence-corrected chi connectivity index (χ4v) is 3.62. The Morgan fingerprint density at radius 2 is 1.78 bits per heavy atom. The third kappa shape index (κ3) is 6.20. The summed E-state index contributed by atoms with van der Waals surface area (Å²) in [5.41, 5.74) is 1.24. The first-order chi connectivity index (χ1) is 11.0. The second kappa shape index (κ2) is 8.89. The van der Waals surface area contributed by atoms with E-state index in [0.717, 1.165) is 15.5 Å². The Morgan fingerprint density at radius 3 is 2.43 bits per heavy atom. The van der Waals surface area contributed by atoms with E-state index < -0.39 is 0 Å². The SMILES string of the molecule is Cc1ccc(SCCNC(=O)CCC(=O)c2ccc(C)s2)cc1. The molecule has 0 aliphatic carbocycles. The Bertz CT molecular complexity index is 662. The van der Waals surface area contributed by atoms with E-state index >= 15 is 0 Å². The summed E-state index contributed by atoms with van der Waals surface area (Å²) in [6, 6.07) is 12.1. The minimum absolute atomic E-state index is 0.0484. The summed E-state index contributed by atoms with van der Waals surface area (Å²) in [6.45, 7) is 4.65. The van der Waals surface area contributed by atoms with Gasteiger partial charge in [0, 0.05) is 34.9 Å². The van der Waals surface area contributed by atoms with Crippen molar-refractivity contribution >= 4 is 34.8 Å². The van der Waals surface area contributed by atoms with Gasteiger partial charge in [0.1, 0.15) is 0 Å². The zero-order valence-corrected chi connectivity index (χ0v) is 15.1.